The standard InChI is InChI=1S/C13H25N5/c1-4-11(3)12-8-14-6-7-17(12)9-13-15-10-16-18(13)5-2/h10-12,14H,4-9H2,1-3H3. The van der Waals surface area contributed by atoms with E-state index in [1.165, 1.54) is 6.42 Å². The van der Waals surface area contributed by atoms with Gasteiger partial charge in [-0.15, -0.1) is 0 Å². The van der Waals surface area contributed by atoms with E-state index in [2.05, 4.69) is 41.1 Å². The molecule has 102 valence electrons. The highest BCUT2D eigenvalue weighted by Crippen LogP contribution is 2.18. The van der Waals surface area contributed by atoms with Gasteiger partial charge in [0, 0.05) is 32.2 Å². The Balaban J connectivity index is 2.05. The lowest BCUT2D eigenvalue weighted by molar-refractivity contribution is 0.104. The fraction of sp³-hybridized carbons (Fsp3) is 0.846. The van der Waals surface area contributed by atoms with Crippen LogP contribution in [0.2, 0.25) is 0 Å². The zero-order chi connectivity index (χ0) is 13.0. The Hall–Kier alpha value is -0.940. The first-order chi connectivity index (χ1) is 8.76. The summed E-state index contributed by atoms with van der Waals surface area (Å²) in [6.07, 6.45) is 2.89. The summed E-state index contributed by atoms with van der Waals surface area (Å²) in [5.74, 6) is 1.81. The summed E-state index contributed by atoms with van der Waals surface area (Å²) in [6.45, 7) is 11.8. The first kappa shape index (κ1) is 13.5. The van der Waals surface area contributed by atoms with Crippen LogP contribution in [0.15, 0.2) is 6.33 Å². The number of piperazine rings is 1. The molecule has 1 aromatic rings. The third kappa shape index (κ3) is 2.90. The quantitative estimate of drug-likeness (QED) is 0.852. The summed E-state index contributed by atoms with van der Waals surface area (Å²) in [7, 11) is 0. The van der Waals surface area contributed by atoms with Crippen LogP contribution in [0.5, 0.6) is 0 Å². The molecular weight excluding hydrogens is 226 g/mol. The highest BCUT2D eigenvalue weighted by Gasteiger charge is 2.27. The van der Waals surface area contributed by atoms with E-state index in [4.69, 9.17) is 0 Å². The van der Waals surface area contributed by atoms with Crippen LogP contribution >= 0.6 is 0 Å². The van der Waals surface area contributed by atoms with Crippen molar-refractivity contribution in [2.75, 3.05) is 19.6 Å². The molecule has 5 nitrogen and oxygen atoms in total. The molecule has 2 unspecified atom stereocenters. The molecule has 1 aliphatic heterocycles. The maximum Gasteiger partial charge on any atom is 0.141 e. The van der Waals surface area contributed by atoms with E-state index in [0.717, 1.165) is 44.5 Å². The van der Waals surface area contributed by atoms with Crippen LogP contribution < -0.4 is 5.32 Å². The maximum atomic E-state index is 4.39. The van der Waals surface area contributed by atoms with Crippen LogP contribution in [0.3, 0.4) is 0 Å². The lowest BCUT2D eigenvalue weighted by Crippen LogP contribution is -2.53. The second-order valence-electron chi connectivity index (χ2n) is 5.12. The predicted molar refractivity (Wildman–Crippen MR) is 72.2 cm³/mol. The van der Waals surface area contributed by atoms with Crippen molar-refractivity contribution in [1.29, 1.82) is 0 Å². The molecule has 1 N–H and O–H groups in total. The third-order valence-corrected chi connectivity index (χ3v) is 4.04. The molecule has 0 saturated carbocycles. The highest BCUT2D eigenvalue weighted by molar-refractivity contribution is 4.90. The Morgan fingerprint density at radius 3 is 3.06 bits per heavy atom. The maximum absolute atomic E-state index is 4.39. The molecule has 1 saturated heterocycles. The van der Waals surface area contributed by atoms with E-state index in [9.17, 15) is 0 Å². The second kappa shape index (κ2) is 6.29. The van der Waals surface area contributed by atoms with E-state index >= 15 is 0 Å². The highest BCUT2D eigenvalue weighted by atomic mass is 15.4. The van der Waals surface area contributed by atoms with Gasteiger partial charge < -0.3 is 5.32 Å². The molecule has 1 aromatic heterocycles. The molecule has 1 fully saturated rings. The largest absolute Gasteiger partial charge is 0.314 e. The summed E-state index contributed by atoms with van der Waals surface area (Å²) in [6, 6.07) is 0.616. The molecule has 18 heavy (non-hydrogen) atoms. The molecule has 0 amide bonds. The summed E-state index contributed by atoms with van der Waals surface area (Å²) < 4.78 is 2.00. The van der Waals surface area contributed by atoms with Gasteiger partial charge in [0.25, 0.3) is 0 Å². The number of hydrogen-bond acceptors (Lipinski definition) is 4. The summed E-state index contributed by atoms with van der Waals surface area (Å²) in [5, 5.41) is 7.76. The van der Waals surface area contributed by atoms with Crippen molar-refractivity contribution in [3.8, 4) is 0 Å². The number of rotatable bonds is 5. The van der Waals surface area contributed by atoms with Gasteiger partial charge in [0.05, 0.1) is 6.54 Å². The van der Waals surface area contributed by atoms with E-state index in [0.29, 0.717) is 6.04 Å². The summed E-state index contributed by atoms with van der Waals surface area (Å²) >= 11 is 0. The van der Waals surface area contributed by atoms with Crippen molar-refractivity contribution in [3.63, 3.8) is 0 Å². The zero-order valence-electron chi connectivity index (χ0n) is 11.8. The van der Waals surface area contributed by atoms with Crippen molar-refractivity contribution < 1.29 is 0 Å². The van der Waals surface area contributed by atoms with Crippen LogP contribution in [0.1, 0.15) is 33.0 Å². The molecule has 5 heteroatoms. The van der Waals surface area contributed by atoms with Crippen LogP contribution in [0.25, 0.3) is 0 Å². The average molecular weight is 251 g/mol. The van der Waals surface area contributed by atoms with Crippen LogP contribution in [-0.2, 0) is 13.1 Å². The summed E-state index contributed by atoms with van der Waals surface area (Å²) in [5.41, 5.74) is 0. The fourth-order valence-electron chi connectivity index (χ4n) is 2.65. The second-order valence-corrected chi connectivity index (χ2v) is 5.12. The van der Waals surface area contributed by atoms with Crippen molar-refractivity contribution in [1.82, 2.24) is 25.0 Å². The SMILES string of the molecule is CCC(C)C1CNCCN1Cc1ncnn1CC. The Bertz CT molecular complexity index is 362. The number of nitrogens with zero attached hydrogens (tertiary/aromatic N) is 4. The van der Waals surface area contributed by atoms with Gasteiger partial charge >= 0.3 is 0 Å². The zero-order valence-corrected chi connectivity index (χ0v) is 11.8. The normalized spacial score (nSPS) is 23.2. The minimum Gasteiger partial charge on any atom is -0.314 e. The molecule has 0 spiro atoms. The van der Waals surface area contributed by atoms with Gasteiger partial charge in [0.15, 0.2) is 0 Å². The Morgan fingerprint density at radius 1 is 1.50 bits per heavy atom. The van der Waals surface area contributed by atoms with Gasteiger partial charge in [-0.1, -0.05) is 20.3 Å². The van der Waals surface area contributed by atoms with Gasteiger partial charge in [0.1, 0.15) is 12.2 Å². The molecule has 2 rings (SSSR count). The van der Waals surface area contributed by atoms with Crippen LogP contribution in [-0.4, -0.2) is 45.3 Å². The predicted octanol–water partition coefficient (Wildman–Crippen LogP) is 1.12. The lowest BCUT2D eigenvalue weighted by Gasteiger charge is -2.39. The molecule has 0 aromatic carbocycles. The van der Waals surface area contributed by atoms with Crippen LogP contribution in [0, 0.1) is 5.92 Å². The Morgan fingerprint density at radius 2 is 2.33 bits per heavy atom. The third-order valence-electron chi connectivity index (χ3n) is 4.04. The minimum absolute atomic E-state index is 0.616. The van der Waals surface area contributed by atoms with Crippen molar-refractivity contribution >= 4 is 0 Å². The molecule has 2 atom stereocenters. The van der Waals surface area contributed by atoms with Gasteiger partial charge in [-0.2, -0.15) is 5.10 Å². The minimum atomic E-state index is 0.616. The van der Waals surface area contributed by atoms with Crippen molar-refractivity contribution in [2.45, 2.75) is 46.3 Å². The number of hydrogen-bond donors (Lipinski definition) is 1. The average Bonchev–Trinajstić information content (AvgIpc) is 2.86. The molecular formula is C13H25N5. The van der Waals surface area contributed by atoms with Crippen molar-refractivity contribution in [2.24, 2.45) is 5.92 Å². The molecule has 1 aliphatic rings. The topological polar surface area (TPSA) is 46.0 Å². The van der Waals surface area contributed by atoms with E-state index in [1.807, 2.05) is 4.68 Å². The smallest absolute Gasteiger partial charge is 0.141 e. The molecule has 2 heterocycles. The first-order valence-electron chi connectivity index (χ1n) is 7.07. The number of aromatic nitrogens is 3. The van der Waals surface area contributed by atoms with Gasteiger partial charge in [-0.25, -0.2) is 9.67 Å². The molecule has 0 bridgehead atoms. The van der Waals surface area contributed by atoms with Gasteiger partial charge in [-0.05, 0) is 12.8 Å². The Labute approximate surface area is 110 Å². The van der Waals surface area contributed by atoms with E-state index < -0.39 is 0 Å². The van der Waals surface area contributed by atoms with E-state index in [1.54, 1.807) is 6.33 Å². The number of nitrogens with one attached hydrogen (secondary N) is 1. The number of aryl methyl sites for hydroxylation is 1. The monoisotopic (exact) mass is 251 g/mol. The van der Waals surface area contributed by atoms with Gasteiger partial charge in [-0.3, -0.25) is 4.90 Å². The fourth-order valence-corrected chi connectivity index (χ4v) is 2.65. The van der Waals surface area contributed by atoms with Crippen molar-refractivity contribution in [3.05, 3.63) is 12.2 Å². The molecule has 0 radical (unpaired) electrons. The van der Waals surface area contributed by atoms with Crippen LogP contribution in [0.4, 0.5) is 0 Å². The first-order valence-corrected chi connectivity index (χ1v) is 7.07. The summed E-state index contributed by atoms with van der Waals surface area (Å²) in [4.78, 5) is 6.95. The van der Waals surface area contributed by atoms with Gasteiger partial charge in [0.2, 0.25) is 0 Å². The lowest BCUT2D eigenvalue weighted by atomic mass is 9.96. The Kier molecular flexibility index (Phi) is 4.72. The van der Waals surface area contributed by atoms with E-state index in [-0.39, 0.29) is 0 Å². The molecule has 0 aliphatic carbocycles.